The van der Waals surface area contributed by atoms with E-state index in [4.69, 9.17) is 5.11 Å². The van der Waals surface area contributed by atoms with Crippen LogP contribution in [0.3, 0.4) is 0 Å². The van der Waals surface area contributed by atoms with Crippen LogP contribution in [0.4, 0.5) is 0 Å². The molecule has 1 amide bonds. The maximum absolute atomic E-state index is 12.0. The lowest BCUT2D eigenvalue weighted by atomic mass is 9.95. The minimum atomic E-state index is -0.826. The molecule has 19 heavy (non-hydrogen) atoms. The van der Waals surface area contributed by atoms with Gasteiger partial charge < -0.3 is 10.4 Å². The normalized spacial score (nSPS) is 26.8. The van der Waals surface area contributed by atoms with Gasteiger partial charge in [0.1, 0.15) is 0 Å². The van der Waals surface area contributed by atoms with E-state index in [0.717, 1.165) is 25.7 Å². The number of hydrogen-bond acceptors (Lipinski definition) is 2. The predicted molar refractivity (Wildman–Crippen MR) is 72.6 cm³/mol. The molecule has 2 N–H and O–H groups in total. The summed E-state index contributed by atoms with van der Waals surface area (Å²) in [5, 5.41) is 12.0. The molecule has 1 fully saturated rings. The standard InChI is InChI=1S/C15H23NO3/c17-14(12-7-4-8-13(12)15(18)19)16-10-9-11-5-2-1-3-6-11/h5,12-13H,1-4,6-10H2,(H,16,17)(H,18,19)/t12-,13+/m1/s1. The van der Waals surface area contributed by atoms with Crippen molar-refractivity contribution in [3.05, 3.63) is 11.6 Å². The van der Waals surface area contributed by atoms with E-state index in [0.29, 0.717) is 19.4 Å². The van der Waals surface area contributed by atoms with E-state index in [1.54, 1.807) is 0 Å². The first kappa shape index (κ1) is 14.1. The molecule has 0 unspecified atom stereocenters. The Morgan fingerprint density at radius 3 is 2.68 bits per heavy atom. The van der Waals surface area contributed by atoms with E-state index >= 15 is 0 Å². The quantitative estimate of drug-likeness (QED) is 0.750. The monoisotopic (exact) mass is 265 g/mol. The molecule has 106 valence electrons. The van der Waals surface area contributed by atoms with Gasteiger partial charge in [0.2, 0.25) is 5.91 Å². The van der Waals surface area contributed by atoms with Crippen LogP contribution >= 0.6 is 0 Å². The lowest BCUT2D eigenvalue weighted by Gasteiger charge is -2.17. The minimum absolute atomic E-state index is 0.0682. The summed E-state index contributed by atoms with van der Waals surface area (Å²) >= 11 is 0. The van der Waals surface area contributed by atoms with Gasteiger partial charge in [-0.3, -0.25) is 9.59 Å². The van der Waals surface area contributed by atoms with Crippen LogP contribution in [-0.2, 0) is 9.59 Å². The largest absolute Gasteiger partial charge is 0.481 e. The van der Waals surface area contributed by atoms with Crippen LogP contribution in [0.15, 0.2) is 11.6 Å². The van der Waals surface area contributed by atoms with E-state index in [1.165, 1.54) is 18.4 Å². The lowest BCUT2D eigenvalue weighted by Crippen LogP contribution is -2.35. The molecule has 4 nitrogen and oxygen atoms in total. The Bertz CT molecular complexity index is 376. The van der Waals surface area contributed by atoms with Gasteiger partial charge in [-0.15, -0.1) is 0 Å². The first-order valence-electron chi connectivity index (χ1n) is 7.37. The van der Waals surface area contributed by atoms with Crippen molar-refractivity contribution >= 4 is 11.9 Å². The Labute approximate surface area is 114 Å². The second-order valence-electron chi connectivity index (χ2n) is 5.63. The first-order valence-corrected chi connectivity index (χ1v) is 7.37. The maximum atomic E-state index is 12.0. The Balaban J connectivity index is 1.74. The van der Waals surface area contributed by atoms with Crippen molar-refractivity contribution in [2.45, 2.75) is 51.4 Å². The smallest absolute Gasteiger partial charge is 0.307 e. The minimum Gasteiger partial charge on any atom is -0.481 e. The van der Waals surface area contributed by atoms with Gasteiger partial charge in [-0.2, -0.15) is 0 Å². The average molecular weight is 265 g/mol. The molecule has 0 aromatic heterocycles. The number of nitrogens with one attached hydrogen (secondary N) is 1. The maximum Gasteiger partial charge on any atom is 0.307 e. The Morgan fingerprint density at radius 2 is 2.00 bits per heavy atom. The topological polar surface area (TPSA) is 66.4 Å². The zero-order valence-electron chi connectivity index (χ0n) is 11.4. The van der Waals surface area contributed by atoms with Gasteiger partial charge in [-0.05, 0) is 44.9 Å². The number of carboxylic acids is 1. The average Bonchev–Trinajstić information content (AvgIpc) is 2.89. The van der Waals surface area contributed by atoms with E-state index < -0.39 is 11.9 Å². The van der Waals surface area contributed by atoms with Crippen LogP contribution in [0.2, 0.25) is 0 Å². The van der Waals surface area contributed by atoms with Crippen molar-refractivity contribution < 1.29 is 14.7 Å². The number of rotatable bonds is 5. The van der Waals surface area contributed by atoms with Gasteiger partial charge in [0.15, 0.2) is 0 Å². The zero-order valence-corrected chi connectivity index (χ0v) is 11.4. The SMILES string of the molecule is O=C(O)[C@H]1CCC[C@H]1C(=O)NCCC1=CCCCC1. The van der Waals surface area contributed by atoms with E-state index in [2.05, 4.69) is 11.4 Å². The van der Waals surface area contributed by atoms with Crippen LogP contribution in [0, 0.1) is 11.8 Å². The lowest BCUT2D eigenvalue weighted by molar-refractivity contribution is -0.146. The van der Waals surface area contributed by atoms with Gasteiger partial charge in [0, 0.05) is 6.54 Å². The molecule has 0 radical (unpaired) electrons. The molecular weight excluding hydrogens is 242 g/mol. The van der Waals surface area contributed by atoms with E-state index in [1.807, 2.05) is 0 Å². The summed E-state index contributed by atoms with van der Waals surface area (Å²) in [7, 11) is 0. The molecule has 0 aromatic rings. The number of hydrogen-bond donors (Lipinski definition) is 2. The molecule has 4 heteroatoms. The fraction of sp³-hybridized carbons (Fsp3) is 0.733. The summed E-state index contributed by atoms with van der Waals surface area (Å²) < 4.78 is 0. The van der Waals surface area contributed by atoms with Gasteiger partial charge in [0.25, 0.3) is 0 Å². The second-order valence-corrected chi connectivity index (χ2v) is 5.63. The highest BCUT2D eigenvalue weighted by Crippen LogP contribution is 2.32. The molecule has 1 saturated carbocycles. The number of carboxylic acid groups (broad SMARTS) is 1. The van der Waals surface area contributed by atoms with Crippen molar-refractivity contribution in [3.63, 3.8) is 0 Å². The molecule has 0 aromatic carbocycles. The fourth-order valence-electron chi connectivity index (χ4n) is 3.18. The number of carbonyl (C=O) groups excluding carboxylic acids is 1. The highest BCUT2D eigenvalue weighted by Gasteiger charge is 2.37. The Morgan fingerprint density at radius 1 is 1.21 bits per heavy atom. The second kappa shape index (κ2) is 6.73. The molecule has 0 heterocycles. The third-order valence-electron chi connectivity index (χ3n) is 4.30. The molecule has 0 aliphatic heterocycles. The summed E-state index contributed by atoms with van der Waals surface area (Å²) in [5.74, 6) is -1.69. The summed E-state index contributed by atoms with van der Waals surface area (Å²) in [4.78, 5) is 23.1. The third-order valence-corrected chi connectivity index (χ3v) is 4.30. The molecule has 2 aliphatic rings. The van der Waals surface area contributed by atoms with E-state index in [9.17, 15) is 9.59 Å². The molecule has 2 aliphatic carbocycles. The van der Waals surface area contributed by atoms with Crippen molar-refractivity contribution in [2.75, 3.05) is 6.54 Å². The summed E-state index contributed by atoms with van der Waals surface area (Å²) in [6.45, 7) is 0.646. The molecular formula is C15H23NO3. The molecule has 2 atom stereocenters. The Kier molecular flexibility index (Phi) is 5.00. The molecule has 0 spiro atoms. The Hall–Kier alpha value is -1.32. The number of carbonyl (C=O) groups is 2. The van der Waals surface area contributed by atoms with Crippen molar-refractivity contribution in [2.24, 2.45) is 11.8 Å². The molecule has 2 rings (SSSR count). The summed E-state index contributed by atoms with van der Waals surface area (Å²) in [6.07, 6.45) is 10.2. The van der Waals surface area contributed by atoms with Crippen molar-refractivity contribution in [3.8, 4) is 0 Å². The van der Waals surface area contributed by atoms with Crippen molar-refractivity contribution in [1.29, 1.82) is 0 Å². The van der Waals surface area contributed by atoms with Crippen LogP contribution in [0.1, 0.15) is 51.4 Å². The zero-order chi connectivity index (χ0) is 13.7. The fourth-order valence-corrected chi connectivity index (χ4v) is 3.18. The highest BCUT2D eigenvalue weighted by atomic mass is 16.4. The van der Waals surface area contributed by atoms with Gasteiger partial charge in [0.05, 0.1) is 11.8 Å². The predicted octanol–water partition coefficient (Wildman–Crippen LogP) is 2.49. The number of amides is 1. The molecule has 0 saturated heterocycles. The van der Waals surface area contributed by atoms with Gasteiger partial charge in [-0.1, -0.05) is 18.1 Å². The van der Waals surface area contributed by atoms with Gasteiger partial charge >= 0.3 is 5.97 Å². The van der Waals surface area contributed by atoms with Gasteiger partial charge in [-0.25, -0.2) is 0 Å². The molecule has 0 bridgehead atoms. The first-order chi connectivity index (χ1) is 9.18. The van der Waals surface area contributed by atoms with Crippen LogP contribution in [0.5, 0.6) is 0 Å². The summed E-state index contributed by atoms with van der Waals surface area (Å²) in [6, 6.07) is 0. The number of aliphatic carboxylic acids is 1. The van der Waals surface area contributed by atoms with Crippen molar-refractivity contribution in [1.82, 2.24) is 5.32 Å². The number of allylic oxidation sites excluding steroid dienone is 1. The highest BCUT2D eigenvalue weighted by molar-refractivity contribution is 5.85. The van der Waals surface area contributed by atoms with E-state index in [-0.39, 0.29) is 11.8 Å². The third kappa shape index (κ3) is 3.82. The van der Waals surface area contributed by atoms with Crippen LogP contribution in [0.25, 0.3) is 0 Å². The van der Waals surface area contributed by atoms with Crippen LogP contribution in [-0.4, -0.2) is 23.5 Å². The van der Waals surface area contributed by atoms with Crippen LogP contribution < -0.4 is 5.32 Å². The summed E-state index contributed by atoms with van der Waals surface area (Å²) in [5.41, 5.74) is 1.44.